The minimum absolute atomic E-state index is 0.249. The Kier molecular flexibility index (Phi) is 3.45. The molecule has 0 aliphatic heterocycles. The molecule has 1 aliphatic carbocycles. The predicted molar refractivity (Wildman–Crippen MR) is 67.9 cm³/mol. The van der Waals surface area contributed by atoms with Gasteiger partial charge in [-0.15, -0.1) is 0 Å². The van der Waals surface area contributed by atoms with Gasteiger partial charge in [0.2, 0.25) is 0 Å². The summed E-state index contributed by atoms with van der Waals surface area (Å²) in [7, 11) is -0.881. The van der Waals surface area contributed by atoms with Crippen LogP contribution in [0.15, 0.2) is 23.1 Å². The third-order valence-electron chi connectivity index (χ3n) is 3.29. The van der Waals surface area contributed by atoms with Gasteiger partial charge in [-0.1, -0.05) is 12.1 Å². The van der Waals surface area contributed by atoms with E-state index < -0.39 is 10.8 Å². The first-order valence-electron chi connectivity index (χ1n) is 5.81. The fourth-order valence-electron chi connectivity index (χ4n) is 2.27. The summed E-state index contributed by atoms with van der Waals surface area (Å²) in [4.78, 5) is 0.999. The smallest absolute Gasteiger partial charge is 0.0564 e. The largest absolute Gasteiger partial charge is 0.328 e. The van der Waals surface area contributed by atoms with Crippen LogP contribution in [0.4, 0.5) is 0 Å². The van der Waals surface area contributed by atoms with Crippen molar-refractivity contribution in [2.45, 2.75) is 49.3 Å². The zero-order valence-corrected chi connectivity index (χ0v) is 10.7. The summed E-state index contributed by atoms with van der Waals surface area (Å²) in [6.45, 7) is 4.07. The van der Waals surface area contributed by atoms with Gasteiger partial charge in [0.05, 0.1) is 10.8 Å². The number of rotatable bonds is 2. The van der Waals surface area contributed by atoms with Crippen molar-refractivity contribution in [3.8, 4) is 0 Å². The van der Waals surface area contributed by atoms with Crippen molar-refractivity contribution >= 4 is 10.8 Å². The van der Waals surface area contributed by atoms with E-state index in [0.29, 0.717) is 0 Å². The molecule has 2 rings (SSSR count). The van der Waals surface area contributed by atoms with Crippen molar-refractivity contribution in [2.75, 3.05) is 0 Å². The summed E-state index contributed by atoms with van der Waals surface area (Å²) in [5.41, 5.74) is 8.18. The Balaban J connectivity index is 2.23. The summed E-state index contributed by atoms with van der Waals surface area (Å²) < 4.78 is 12.4. The van der Waals surface area contributed by atoms with Crippen LogP contribution in [0.25, 0.3) is 0 Å². The average Bonchev–Trinajstić information content (AvgIpc) is 2.67. The van der Waals surface area contributed by atoms with Crippen LogP contribution in [-0.4, -0.2) is 15.5 Å². The van der Waals surface area contributed by atoms with Crippen LogP contribution in [0.5, 0.6) is 0 Å². The van der Waals surface area contributed by atoms with Crippen LogP contribution < -0.4 is 5.73 Å². The molecule has 2 N–H and O–H groups in total. The predicted octanol–water partition coefficient (Wildman–Crippen LogP) is 2.29. The van der Waals surface area contributed by atoms with E-state index in [1.165, 1.54) is 5.56 Å². The highest BCUT2D eigenvalue weighted by Crippen LogP contribution is 2.28. The Morgan fingerprint density at radius 1 is 1.31 bits per heavy atom. The van der Waals surface area contributed by atoms with E-state index in [0.717, 1.165) is 29.7 Å². The highest BCUT2D eigenvalue weighted by Gasteiger charge is 2.28. The average molecular weight is 237 g/mol. The lowest BCUT2D eigenvalue weighted by molar-refractivity contribution is 0.664. The molecule has 3 atom stereocenters. The maximum Gasteiger partial charge on any atom is 0.0564 e. The van der Waals surface area contributed by atoms with E-state index in [9.17, 15) is 4.21 Å². The minimum Gasteiger partial charge on any atom is -0.328 e. The molecule has 0 heterocycles. The molecule has 0 aromatic heterocycles. The van der Waals surface area contributed by atoms with Crippen molar-refractivity contribution in [3.63, 3.8) is 0 Å². The maximum atomic E-state index is 12.4. The summed E-state index contributed by atoms with van der Waals surface area (Å²) in [5.74, 6) is 0. The molecular formula is C13H19NOS. The second-order valence-corrected chi connectivity index (χ2v) is 6.46. The van der Waals surface area contributed by atoms with E-state index in [-0.39, 0.29) is 11.3 Å². The normalized spacial score (nSPS) is 26.9. The Labute approximate surface area is 99.7 Å². The van der Waals surface area contributed by atoms with E-state index in [1.54, 1.807) is 0 Å². The molecule has 0 bridgehead atoms. The zero-order valence-electron chi connectivity index (χ0n) is 9.90. The molecule has 1 aliphatic rings. The second kappa shape index (κ2) is 4.68. The number of hydrogen-bond acceptors (Lipinski definition) is 2. The number of nitrogens with two attached hydrogens (primary N) is 1. The lowest BCUT2D eigenvalue weighted by atomic mass is 10.2. The van der Waals surface area contributed by atoms with Crippen LogP contribution in [0, 0.1) is 13.8 Å². The first-order chi connectivity index (χ1) is 7.58. The lowest BCUT2D eigenvalue weighted by Crippen LogP contribution is -2.19. The van der Waals surface area contributed by atoms with Crippen molar-refractivity contribution in [2.24, 2.45) is 5.73 Å². The number of hydrogen-bond donors (Lipinski definition) is 1. The van der Waals surface area contributed by atoms with Crippen LogP contribution in [0.3, 0.4) is 0 Å². The molecule has 0 spiro atoms. The quantitative estimate of drug-likeness (QED) is 0.857. The van der Waals surface area contributed by atoms with Gasteiger partial charge in [-0.3, -0.25) is 4.21 Å². The Morgan fingerprint density at radius 3 is 2.69 bits per heavy atom. The SMILES string of the molecule is Cc1ccc(C)c(S(=O)C2CCC(N)C2)c1. The molecule has 3 unspecified atom stereocenters. The molecular weight excluding hydrogens is 218 g/mol. The molecule has 16 heavy (non-hydrogen) atoms. The molecule has 0 saturated heterocycles. The first-order valence-corrected chi connectivity index (χ1v) is 7.02. The van der Waals surface area contributed by atoms with Crippen LogP contribution in [0.1, 0.15) is 30.4 Å². The molecule has 1 aromatic rings. The van der Waals surface area contributed by atoms with Gasteiger partial charge < -0.3 is 5.73 Å². The van der Waals surface area contributed by atoms with Crippen molar-refractivity contribution < 1.29 is 4.21 Å². The minimum atomic E-state index is -0.881. The van der Waals surface area contributed by atoms with Gasteiger partial charge in [-0.25, -0.2) is 0 Å². The van der Waals surface area contributed by atoms with Crippen molar-refractivity contribution in [1.82, 2.24) is 0 Å². The maximum absolute atomic E-state index is 12.4. The van der Waals surface area contributed by atoms with Gasteiger partial charge in [-0.2, -0.15) is 0 Å². The first kappa shape index (κ1) is 11.8. The highest BCUT2D eigenvalue weighted by molar-refractivity contribution is 7.85. The Hall–Kier alpha value is -0.670. The van der Waals surface area contributed by atoms with E-state index in [4.69, 9.17) is 5.73 Å². The van der Waals surface area contributed by atoms with Crippen LogP contribution in [-0.2, 0) is 10.8 Å². The number of aryl methyl sites for hydroxylation is 2. The van der Waals surface area contributed by atoms with Crippen LogP contribution >= 0.6 is 0 Å². The summed E-state index contributed by atoms with van der Waals surface area (Å²) in [5, 5.41) is 0.260. The van der Waals surface area contributed by atoms with Crippen molar-refractivity contribution in [3.05, 3.63) is 29.3 Å². The molecule has 1 aromatic carbocycles. The third-order valence-corrected chi connectivity index (χ3v) is 5.20. The van der Waals surface area contributed by atoms with Crippen LogP contribution in [0.2, 0.25) is 0 Å². The van der Waals surface area contributed by atoms with E-state index >= 15 is 0 Å². The van der Waals surface area contributed by atoms with Gasteiger partial charge in [0.15, 0.2) is 0 Å². The summed E-state index contributed by atoms with van der Waals surface area (Å²) in [6.07, 6.45) is 2.92. The monoisotopic (exact) mass is 237 g/mol. The van der Waals surface area contributed by atoms with Gasteiger partial charge in [-0.05, 0) is 50.3 Å². The molecule has 1 saturated carbocycles. The fraction of sp³-hybridized carbons (Fsp3) is 0.538. The summed E-state index contributed by atoms with van der Waals surface area (Å²) >= 11 is 0. The topological polar surface area (TPSA) is 43.1 Å². The molecule has 1 fully saturated rings. The van der Waals surface area contributed by atoms with Gasteiger partial charge in [0, 0.05) is 16.2 Å². The molecule has 0 amide bonds. The summed E-state index contributed by atoms with van der Waals surface area (Å²) in [6, 6.07) is 6.42. The Morgan fingerprint density at radius 2 is 2.06 bits per heavy atom. The molecule has 3 heteroatoms. The third kappa shape index (κ3) is 2.36. The molecule has 2 nitrogen and oxygen atoms in total. The lowest BCUT2D eigenvalue weighted by Gasteiger charge is -2.12. The molecule has 88 valence electrons. The highest BCUT2D eigenvalue weighted by atomic mass is 32.2. The van der Waals surface area contributed by atoms with Gasteiger partial charge in [0.1, 0.15) is 0 Å². The Bertz CT molecular complexity index is 416. The standard InChI is InChI=1S/C13H19NOS/c1-9-3-4-10(2)13(7-9)16(15)12-6-5-11(14)8-12/h3-4,7,11-12H,5-6,8,14H2,1-2H3. The van der Waals surface area contributed by atoms with E-state index in [1.807, 2.05) is 13.8 Å². The van der Waals surface area contributed by atoms with Crippen molar-refractivity contribution in [1.29, 1.82) is 0 Å². The zero-order chi connectivity index (χ0) is 11.7. The van der Waals surface area contributed by atoms with Gasteiger partial charge >= 0.3 is 0 Å². The van der Waals surface area contributed by atoms with Gasteiger partial charge in [0.25, 0.3) is 0 Å². The van der Waals surface area contributed by atoms with E-state index in [2.05, 4.69) is 18.2 Å². The second-order valence-electron chi connectivity index (χ2n) is 4.76. The molecule has 0 radical (unpaired) electrons. The fourth-order valence-corrected chi connectivity index (χ4v) is 4.09. The number of benzene rings is 1.